The fourth-order valence-electron chi connectivity index (χ4n) is 2.86. The number of morpholine rings is 1. The van der Waals surface area contributed by atoms with Gasteiger partial charge in [0.15, 0.2) is 5.82 Å². The van der Waals surface area contributed by atoms with E-state index >= 15 is 0 Å². The van der Waals surface area contributed by atoms with Gasteiger partial charge in [0.2, 0.25) is 0 Å². The van der Waals surface area contributed by atoms with Crippen LogP contribution in [0.25, 0.3) is 0 Å². The van der Waals surface area contributed by atoms with E-state index in [2.05, 4.69) is 22.3 Å². The summed E-state index contributed by atoms with van der Waals surface area (Å²) in [5, 5.41) is 7.23. The first-order chi connectivity index (χ1) is 12.6. The van der Waals surface area contributed by atoms with Gasteiger partial charge < -0.3 is 19.5 Å². The van der Waals surface area contributed by atoms with E-state index in [1.54, 1.807) is 41.4 Å². The Morgan fingerprint density at radius 3 is 3.12 bits per heavy atom. The second kappa shape index (κ2) is 8.13. The maximum atomic E-state index is 12.7. The summed E-state index contributed by atoms with van der Waals surface area (Å²) in [5.41, 5.74) is 0.394. The highest BCUT2D eigenvalue weighted by molar-refractivity contribution is 5.93. The molecule has 0 aromatic carbocycles. The maximum Gasteiger partial charge on any atom is 0.293 e. The number of hydrogen-bond acceptors (Lipinski definition) is 6. The van der Waals surface area contributed by atoms with Gasteiger partial charge in [0.05, 0.1) is 24.5 Å². The number of aromatic nitrogens is 4. The topological polar surface area (TPSA) is 94.3 Å². The minimum absolute atomic E-state index is 0.0468. The molecule has 0 radical (unpaired) electrons. The molecular formula is C17H24N6O3. The lowest BCUT2D eigenvalue weighted by Crippen LogP contribution is -2.48. The number of carbonyl (C=O) groups is 1. The second-order valence-electron chi connectivity index (χ2n) is 6.31. The van der Waals surface area contributed by atoms with Crippen molar-refractivity contribution in [3.63, 3.8) is 0 Å². The van der Waals surface area contributed by atoms with Crippen LogP contribution >= 0.6 is 0 Å². The third kappa shape index (κ3) is 4.10. The number of ether oxygens (including phenoxy) is 1. The van der Waals surface area contributed by atoms with Crippen molar-refractivity contribution in [2.75, 3.05) is 31.6 Å². The van der Waals surface area contributed by atoms with Crippen molar-refractivity contribution in [3.05, 3.63) is 40.7 Å². The van der Waals surface area contributed by atoms with Crippen LogP contribution in [0.15, 0.2) is 29.6 Å². The average Bonchev–Trinajstić information content (AvgIpc) is 3.11. The highest BCUT2D eigenvalue weighted by atomic mass is 16.5. The average molecular weight is 360 g/mol. The second-order valence-corrected chi connectivity index (χ2v) is 6.31. The molecule has 1 aliphatic heterocycles. The molecule has 1 atom stereocenters. The van der Waals surface area contributed by atoms with Crippen molar-refractivity contribution in [2.45, 2.75) is 26.0 Å². The van der Waals surface area contributed by atoms with E-state index in [1.807, 2.05) is 0 Å². The van der Waals surface area contributed by atoms with Crippen LogP contribution in [0.1, 0.15) is 23.7 Å². The van der Waals surface area contributed by atoms with Crippen LogP contribution in [0, 0.1) is 0 Å². The molecule has 26 heavy (non-hydrogen) atoms. The molecule has 2 aromatic heterocycles. The molecule has 1 amide bonds. The molecule has 9 nitrogen and oxygen atoms in total. The van der Waals surface area contributed by atoms with Gasteiger partial charge in [-0.1, -0.05) is 6.92 Å². The quantitative estimate of drug-likeness (QED) is 0.798. The van der Waals surface area contributed by atoms with E-state index in [0.717, 1.165) is 13.0 Å². The summed E-state index contributed by atoms with van der Waals surface area (Å²) in [5.74, 6) is 0.234. The van der Waals surface area contributed by atoms with Crippen molar-refractivity contribution in [2.24, 2.45) is 7.05 Å². The van der Waals surface area contributed by atoms with Crippen LogP contribution in [0.2, 0.25) is 0 Å². The van der Waals surface area contributed by atoms with Gasteiger partial charge in [-0.25, -0.2) is 4.98 Å². The van der Waals surface area contributed by atoms with Gasteiger partial charge in [-0.05, 0) is 6.42 Å². The zero-order valence-corrected chi connectivity index (χ0v) is 15.1. The van der Waals surface area contributed by atoms with E-state index in [4.69, 9.17) is 4.74 Å². The summed E-state index contributed by atoms with van der Waals surface area (Å²) < 4.78 is 8.96. The molecule has 0 unspecified atom stereocenters. The lowest BCUT2D eigenvalue weighted by molar-refractivity contribution is -0.0149. The van der Waals surface area contributed by atoms with E-state index in [-0.39, 0.29) is 23.4 Å². The van der Waals surface area contributed by atoms with Gasteiger partial charge in [0.1, 0.15) is 0 Å². The molecule has 1 aliphatic rings. The summed E-state index contributed by atoms with van der Waals surface area (Å²) in [4.78, 5) is 30.5. The largest absolute Gasteiger partial charge is 0.373 e. The fraction of sp³-hybridized carbons (Fsp3) is 0.529. The number of carbonyl (C=O) groups excluding carboxylic acids is 1. The monoisotopic (exact) mass is 360 g/mol. The van der Waals surface area contributed by atoms with Crippen LogP contribution in [-0.4, -0.2) is 62.5 Å². The summed E-state index contributed by atoms with van der Waals surface area (Å²) in [7, 11) is 1.67. The Balaban J connectivity index is 1.59. The zero-order valence-electron chi connectivity index (χ0n) is 15.1. The van der Waals surface area contributed by atoms with Crippen LogP contribution in [0.4, 0.5) is 5.82 Å². The molecule has 2 aromatic rings. The highest BCUT2D eigenvalue weighted by Gasteiger charge is 2.26. The van der Waals surface area contributed by atoms with Gasteiger partial charge in [0.25, 0.3) is 11.5 Å². The van der Waals surface area contributed by atoms with Crippen molar-refractivity contribution in [1.82, 2.24) is 24.2 Å². The van der Waals surface area contributed by atoms with Gasteiger partial charge >= 0.3 is 0 Å². The molecule has 0 bridgehead atoms. The molecule has 1 N–H and O–H groups in total. The van der Waals surface area contributed by atoms with Crippen LogP contribution < -0.4 is 10.9 Å². The lowest BCUT2D eigenvalue weighted by Gasteiger charge is -2.32. The maximum absolute atomic E-state index is 12.7. The summed E-state index contributed by atoms with van der Waals surface area (Å²) in [6.07, 6.45) is 7.32. The van der Waals surface area contributed by atoms with Gasteiger partial charge in [-0.2, -0.15) is 5.10 Å². The molecule has 3 heterocycles. The summed E-state index contributed by atoms with van der Waals surface area (Å²) in [6.45, 7) is 4.73. The molecule has 0 saturated carbocycles. The smallest absolute Gasteiger partial charge is 0.293 e. The third-order valence-corrected chi connectivity index (χ3v) is 4.27. The van der Waals surface area contributed by atoms with E-state index in [1.165, 1.54) is 4.57 Å². The van der Waals surface area contributed by atoms with E-state index < -0.39 is 0 Å². The molecule has 0 spiro atoms. The predicted octanol–water partition coefficient (Wildman–Crippen LogP) is 0.340. The molecular weight excluding hydrogens is 336 g/mol. The number of hydrogen-bond donors (Lipinski definition) is 1. The predicted molar refractivity (Wildman–Crippen MR) is 96.1 cm³/mol. The number of anilines is 1. The normalized spacial score (nSPS) is 17.3. The summed E-state index contributed by atoms with van der Waals surface area (Å²) in [6, 6.07) is 0. The number of nitrogens with one attached hydrogen (secondary N) is 1. The summed E-state index contributed by atoms with van der Waals surface area (Å²) >= 11 is 0. The molecule has 9 heteroatoms. The van der Waals surface area contributed by atoms with Crippen LogP contribution in [-0.2, 0) is 18.3 Å². The van der Waals surface area contributed by atoms with Gasteiger partial charge in [-0.3, -0.25) is 14.3 Å². The zero-order chi connectivity index (χ0) is 18.5. The fourth-order valence-corrected chi connectivity index (χ4v) is 2.86. The molecule has 3 rings (SSSR count). The number of amides is 1. The minimum atomic E-state index is -0.204. The Labute approximate surface area is 151 Å². The van der Waals surface area contributed by atoms with E-state index in [0.29, 0.717) is 31.8 Å². The Bertz CT molecular complexity index is 815. The number of rotatable bonds is 6. The molecule has 0 aliphatic carbocycles. The Kier molecular flexibility index (Phi) is 5.67. The lowest BCUT2D eigenvalue weighted by atomic mass is 10.2. The molecule has 1 fully saturated rings. The van der Waals surface area contributed by atoms with Crippen LogP contribution in [0.3, 0.4) is 0 Å². The van der Waals surface area contributed by atoms with Gasteiger partial charge in [0, 0.05) is 51.8 Å². The van der Waals surface area contributed by atoms with E-state index in [9.17, 15) is 9.59 Å². The molecule has 140 valence electrons. The Morgan fingerprint density at radius 1 is 1.46 bits per heavy atom. The number of nitrogens with zero attached hydrogens (tertiary/aromatic N) is 5. The first-order valence-electron chi connectivity index (χ1n) is 8.77. The van der Waals surface area contributed by atoms with Gasteiger partial charge in [-0.15, -0.1) is 0 Å². The highest BCUT2D eigenvalue weighted by Crippen LogP contribution is 2.11. The van der Waals surface area contributed by atoms with Crippen molar-refractivity contribution >= 4 is 11.7 Å². The minimum Gasteiger partial charge on any atom is -0.373 e. The number of aryl methyl sites for hydroxylation is 2. The Morgan fingerprint density at radius 2 is 2.31 bits per heavy atom. The Hall–Kier alpha value is -2.68. The SMILES string of the molecule is CCCn1cc(C(=O)N2CCO[C@H](CNc3nccn(C)c3=O)C2)cn1. The third-order valence-electron chi connectivity index (χ3n) is 4.27. The first kappa shape index (κ1) is 18.1. The van der Waals surface area contributed by atoms with Crippen molar-refractivity contribution in [1.29, 1.82) is 0 Å². The standard InChI is InChI=1S/C17H24N6O3/c1-3-5-23-11-13(9-20-23)16(24)22-7-8-26-14(12-22)10-19-15-17(25)21(2)6-4-18-15/h4,6,9,11,14H,3,5,7-8,10,12H2,1-2H3,(H,18,19)/t14-/m1/s1. The van der Waals surface area contributed by atoms with Crippen molar-refractivity contribution in [3.8, 4) is 0 Å². The van der Waals surface area contributed by atoms with Crippen molar-refractivity contribution < 1.29 is 9.53 Å². The molecule has 1 saturated heterocycles. The first-order valence-corrected chi connectivity index (χ1v) is 8.77. The van der Waals surface area contributed by atoms with Crippen LogP contribution in [0.5, 0.6) is 0 Å².